The predicted octanol–water partition coefficient (Wildman–Crippen LogP) is 4.88. The van der Waals surface area contributed by atoms with E-state index in [1.54, 1.807) is 0 Å². The van der Waals surface area contributed by atoms with E-state index in [4.69, 9.17) is 9.72 Å². The Balaban J connectivity index is 1.07. The van der Waals surface area contributed by atoms with Crippen molar-refractivity contribution in [3.05, 3.63) is 59.4 Å². The van der Waals surface area contributed by atoms with Gasteiger partial charge in [0, 0.05) is 36.4 Å². The summed E-state index contributed by atoms with van der Waals surface area (Å²) in [5.41, 5.74) is 5.15. The van der Waals surface area contributed by atoms with Gasteiger partial charge < -0.3 is 15.0 Å². The highest BCUT2D eigenvalue weighted by Gasteiger charge is 2.49. The van der Waals surface area contributed by atoms with Gasteiger partial charge in [-0.1, -0.05) is 0 Å². The molecule has 3 aliphatic heterocycles. The van der Waals surface area contributed by atoms with Crippen LogP contribution in [0.15, 0.2) is 36.7 Å². The van der Waals surface area contributed by atoms with Crippen LogP contribution in [-0.4, -0.2) is 45.8 Å². The topological polar surface area (TPSA) is 63.2 Å². The first-order valence-electron chi connectivity index (χ1n) is 13.0. The van der Waals surface area contributed by atoms with Gasteiger partial charge in [-0.3, -0.25) is 15.0 Å². The first-order chi connectivity index (χ1) is 17.0. The molecule has 3 aromatic rings. The lowest BCUT2D eigenvalue weighted by atomic mass is 9.69. The Bertz CT molecular complexity index is 1180. The van der Waals surface area contributed by atoms with Crippen molar-refractivity contribution in [3.8, 4) is 0 Å². The van der Waals surface area contributed by atoms with E-state index in [1.807, 2.05) is 25.3 Å². The summed E-state index contributed by atoms with van der Waals surface area (Å²) in [5.74, 6) is -0.266. The monoisotopic (exact) mass is 475 g/mol. The van der Waals surface area contributed by atoms with E-state index in [9.17, 15) is 4.39 Å². The second kappa shape index (κ2) is 9.10. The summed E-state index contributed by atoms with van der Waals surface area (Å²) in [6.45, 7) is 5.68. The minimum atomic E-state index is -0.266. The summed E-state index contributed by atoms with van der Waals surface area (Å²) < 4.78 is 21.2. The molecule has 7 heteroatoms. The highest BCUT2D eigenvalue weighted by molar-refractivity contribution is 5.77. The van der Waals surface area contributed by atoms with Crippen molar-refractivity contribution in [2.75, 3.05) is 24.6 Å². The number of rotatable bonds is 7. The Kier molecular flexibility index (Phi) is 5.93. The van der Waals surface area contributed by atoms with Crippen LogP contribution in [0.25, 0.3) is 11.0 Å². The van der Waals surface area contributed by atoms with Crippen LogP contribution >= 0.6 is 0 Å². The molecule has 1 saturated carbocycles. The molecule has 35 heavy (non-hydrogen) atoms. The van der Waals surface area contributed by atoms with Crippen LogP contribution in [0.1, 0.15) is 61.9 Å². The van der Waals surface area contributed by atoms with Crippen molar-refractivity contribution in [3.63, 3.8) is 0 Å². The van der Waals surface area contributed by atoms with Gasteiger partial charge in [0.05, 0.1) is 47.0 Å². The lowest BCUT2D eigenvalue weighted by Crippen LogP contribution is -2.61. The van der Waals surface area contributed by atoms with E-state index in [0.29, 0.717) is 24.1 Å². The SMILES string of the molecule is Cc1ccc2ncc(F)c(CCC34CCC(NCc5ccc(N6CCCC6)cn5)(CC3)CO4)c2n1. The number of fused-ring (bicyclic) bond motifs is 4. The molecule has 4 fully saturated rings. The molecule has 1 N–H and O–H groups in total. The minimum Gasteiger partial charge on any atom is -0.373 e. The van der Waals surface area contributed by atoms with Gasteiger partial charge in [-0.25, -0.2) is 4.39 Å². The molecule has 6 nitrogen and oxygen atoms in total. The molecule has 2 bridgehead atoms. The number of aryl methyl sites for hydroxylation is 2. The molecule has 0 atom stereocenters. The van der Waals surface area contributed by atoms with Crippen molar-refractivity contribution < 1.29 is 9.13 Å². The molecule has 4 aliphatic rings. The van der Waals surface area contributed by atoms with E-state index in [0.717, 1.165) is 68.6 Å². The number of aromatic nitrogens is 3. The number of anilines is 1. The number of hydrogen-bond donors (Lipinski definition) is 1. The van der Waals surface area contributed by atoms with E-state index >= 15 is 0 Å². The fourth-order valence-electron chi connectivity index (χ4n) is 6.06. The third-order valence-electron chi connectivity index (χ3n) is 8.43. The van der Waals surface area contributed by atoms with Crippen LogP contribution in [0, 0.1) is 12.7 Å². The fraction of sp³-hybridized carbons (Fsp3) is 0.536. The Morgan fingerprint density at radius 1 is 1.03 bits per heavy atom. The molecule has 184 valence electrons. The van der Waals surface area contributed by atoms with Gasteiger partial charge in [0.15, 0.2) is 0 Å². The van der Waals surface area contributed by atoms with Gasteiger partial charge >= 0.3 is 0 Å². The first kappa shape index (κ1) is 22.8. The maximum Gasteiger partial charge on any atom is 0.146 e. The van der Waals surface area contributed by atoms with Crippen LogP contribution in [0.5, 0.6) is 0 Å². The Labute approximate surface area is 206 Å². The molecule has 0 aromatic carbocycles. The zero-order valence-electron chi connectivity index (χ0n) is 20.5. The Hall–Kier alpha value is -2.64. The summed E-state index contributed by atoms with van der Waals surface area (Å²) in [5, 5.41) is 3.78. The van der Waals surface area contributed by atoms with Crippen molar-refractivity contribution in [1.82, 2.24) is 20.3 Å². The molecule has 7 rings (SSSR count). The number of nitrogens with one attached hydrogen (secondary N) is 1. The molecular formula is C28H34FN5O. The largest absolute Gasteiger partial charge is 0.373 e. The van der Waals surface area contributed by atoms with Crippen LogP contribution in [-0.2, 0) is 17.7 Å². The van der Waals surface area contributed by atoms with Gasteiger partial charge in [-0.05, 0) is 82.6 Å². The highest BCUT2D eigenvalue weighted by atomic mass is 19.1. The van der Waals surface area contributed by atoms with Crippen LogP contribution in [0.4, 0.5) is 10.1 Å². The van der Waals surface area contributed by atoms with E-state index in [2.05, 4.69) is 32.3 Å². The number of nitrogens with zero attached hydrogens (tertiary/aromatic N) is 4. The van der Waals surface area contributed by atoms with Crippen molar-refractivity contribution >= 4 is 16.7 Å². The summed E-state index contributed by atoms with van der Waals surface area (Å²) >= 11 is 0. The normalized spacial score (nSPS) is 26.1. The zero-order valence-corrected chi connectivity index (χ0v) is 20.5. The Morgan fingerprint density at radius 3 is 2.57 bits per heavy atom. The van der Waals surface area contributed by atoms with Crippen molar-refractivity contribution in [1.29, 1.82) is 0 Å². The molecule has 0 unspecified atom stereocenters. The molecule has 3 saturated heterocycles. The third kappa shape index (κ3) is 4.52. The summed E-state index contributed by atoms with van der Waals surface area (Å²) in [6, 6.07) is 8.20. The van der Waals surface area contributed by atoms with E-state index in [-0.39, 0.29) is 17.0 Å². The molecule has 0 amide bonds. The summed E-state index contributed by atoms with van der Waals surface area (Å²) in [6.07, 6.45) is 11.5. The first-order valence-corrected chi connectivity index (χ1v) is 13.0. The quantitative estimate of drug-likeness (QED) is 0.526. The van der Waals surface area contributed by atoms with Crippen LogP contribution < -0.4 is 10.2 Å². The maximum absolute atomic E-state index is 14.7. The van der Waals surface area contributed by atoms with Crippen LogP contribution in [0.3, 0.4) is 0 Å². The lowest BCUT2D eigenvalue weighted by Gasteiger charge is -2.53. The van der Waals surface area contributed by atoms with Gasteiger partial charge in [-0.2, -0.15) is 0 Å². The minimum absolute atomic E-state index is 0.0182. The molecule has 6 heterocycles. The zero-order chi connectivity index (χ0) is 23.9. The van der Waals surface area contributed by atoms with Crippen LogP contribution in [0.2, 0.25) is 0 Å². The lowest BCUT2D eigenvalue weighted by molar-refractivity contribution is -0.165. The average Bonchev–Trinajstić information content (AvgIpc) is 3.44. The summed E-state index contributed by atoms with van der Waals surface area (Å²) in [4.78, 5) is 15.9. The van der Waals surface area contributed by atoms with Crippen molar-refractivity contribution in [2.45, 2.75) is 76.0 Å². The number of ether oxygens (including phenoxy) is 1. The van der Waals surface area contributed by atoms with Gasteiger partial charge in [-0.15, -0.1) is 0 Å². The summed E-state index contributed by atoms with van der Waals surface area (Å²) in [7, 11) is 0. The predicted molar refractivity (Wildman–Crippen MR) is 135 cm³/mol. The Morgan fingerprint density at radius 2 is 1.86 bits per heavy atom. The van der Waals surface area contributed by atoms with E-state index in [1.165, 1.54) is 24.7 Å². The number of hydrogen-bond acceptors (Lipinski definition) is 6. The number of halogens is 1. The van der Waals surface area contributed by atoms with E-state index < -0.39 is 0 Å². The molecule has 3 aromatic heterocycles. The maximum atomic E-state index is 14.7. The van der Waals surface area contributed by atoms with Gasteiger partial charge in [0.1, 0.15) is 5.82 Å². The highest BCUT2D eigenvalue weighted by Crippen LogP contribution is 2.46. The third-order valence-corrected chi connectivity index (χ3v) is 8.43. The second-order valence-corrected chi connectivity index (χ2v) is 10.7. The molecule has 0 spiro atoms. The van der Waals surface area contributed by atoms with Gasteiger partial charge in [0.25, 0.3) is 0 Å². The second-order valence-electron chi connectivity index (χ2n) is 10.7. The number of pyridine rings is 3. The molecular weight excluding hydrogens is 441 g/mol. The smallest absolute Gasteiger partial charge is 0.146 e. The van der Waals surface area contributed by atoms with Crippen molar-refractivity contribution in [2.24, 2.45) is 0 Å². The molecule has 0 radical (unpaired) electrons. The van der Waals surface area contributed by atoms with Gasteiger partial charge in [0.2, 0.25) is 0 Å². The molecule has 1 aliphatic carbocycles. The average molecular weight is 476 g/mol. The standard InChI is InChI=1S/C28H34FN5O/c1-20-4-7-25-26(33-20)23(24(29)18-31-25)8-9-28-12-10-27(11-13-28,19-35-28)32-16-21-5-6-22(17-30-21)34-14-2-3-15-34/h4-7,17-18,32H,2-3,8-16,19H2,1H3. The fourth-order valence-corrected chi connectivity index (χ4v) is 6.06.